The fourth-order valence-corrected chi connectivity index (χ4v) is 2.30. The molecule has 0 amide bonds. The Bertz CT molecular complexity index is 779. The number of nitrogens with zero attached hydrogens (tertiary/aromatic N) is 3. The van der Waals surface area contributed by atoms with Crippen LogP contribution >= 0.6 is 0 Å². The summed E-state index contributed by atoms with van der Waals surface area (Å²) in [5, 5.41) is 7.97. The van der Waals surface area contributed by atoms with Gasteiger partial charge in [0.1, 0.15) is 6.61 Å². The lowest BCUT2D eigenvalue weighted by atomic mass is 9.99. The first-order valence-corrected chi connectivity index (χ1v) is 7.03. The maximum atomic E-state index is 5.54. The lowest BCUT2D eigenvalue weighted by molar-refractivity contribution is 0.160. The largest absolute Gasteiger partial charge is 0.418 e. The Morgan fingerprint density at radius 2 is 1.73 bits per heavy atom. The van der Waals surface area contributed by atoms with Crippen LogP contribution in [0.1, 0.15) is 17.1 Å². The zero-order valence-electron chi connectivity index (χ0n) is 12.8. The average molecular weight is 295 g/mol. The third kappa shape index (κ3) is 2.76. The van der Waals surface area contributed by atoms with Crippen molar-refractivity contribution in [2.24, 2.45) is 0 Å². The Morgan fingerprint density at radius 1 is 1.00 bits per heavy atom. The third-order valence-electron chi connectivity index (χ3n) is 3.63. The van der Waals surface area contributed by atoms with Crippen LogP contribution in [0.2, 0.25) is 0 Å². The van der Waals surface area contributed by atoms with E-state index >= 15 is 0 Å². The van der Waals surface area contributed by atoms with Gasteiger partial charge in [-0.25, -0.2) is 0 Å². The monoisotopic (exact) mass is 295 g/mol. The van der Waals surface area contributed by atoms with Gasteiger partial charge < -0.3 is 9.15 Å². The summed E-state index contributed by atoms with van der Waals surface area (Å²) in [7, 11) is 1.59. The zero-order chi connectivity index (χ0) is 15.5. The predicted molar refractivity (Wildman–Crippen MR) is 83.2 cm³/mol. The number of hydrogen-bond donors (Lipinski definition) is 0. The summed E-state index contributed by atoms with van der Waals surface area (Å²) in [6.07, 6.45) is 1.83. The van der Waals surface area contributed by atoms with Crippen LogP contribution < -0.4 is 0 Å². The summed E-state index contributed by atoms with van der Waals surface area (Å²) >= 11 is 0. The van der Waals surface area contributed by atoms with Crippen molar-refractivity contribution in [3.63, 3.8) is 0 Å². The Balaban J connectivity index is 1.90. The van der Waals surface area contributed by atoms with E-state index in [1.165, 1.54) is 11.1 Å². The van der Waals surface area contributed by atoms with E-state index in [2.05, 4.69) is 34.2 Å². The molecule has 0 saturated heterocycles. The minimum absolute atomic E-state index is 0.320. The molecule has 0 radical (unpaired) electrons. The van der Waals surface area contributed by atoms with Crippen LogP contribution in [-0.4, -0.2) is 22.3 Å². The Morgan fingerprint density at radius 3 is 2.45 bits per heavy atom. The van der Waals surface area contributed by atoms with Crippen molar-refractivity contribution in [3.05, 3.63) is 53.7 Å². The van der Waals surface area contributed by atoms with Crippen LogP contribution in [0, 0.1) is 13.8 Å². The third-order valence-corrected chi connectivity index (χ3v) is 3.63. The molecule has 0 saturated carbocycles. The van der Waals surface area contributed by atoms with Crippen LogP contribution in [0.15, 0.2) is 40.9 Å². The van der Waals surface area contributed by atoms with Crippen molar-refractivity contribution >= 4 is 0 Å². The average Bonchev–Trinajstić information content (AvgIpc) is 2.99. The van der Waals surface area contributed by atoms with Crippen molar-refractivity contribution in [1.29, 1.82) is 0 Å². The number of ether oxygens (including phenoxy) is 1. The fourth-order valence-electron chi connectivity index (χ4n) is 2.30. The van der Waals surface area contributed by atoms with E-state index in [-0.39, 0.29) is 0 Å². The minimum atomic E-state index is 0.320. The van der Waals surface area contributed by atoms with Crippen LogP contribution in [0.3, 0.4) is 0 Å². The van der Waals surface area contributed by atoms with Crippen molar-refractivity contribution in [1.82, 2.24) is 15.2 Å². The van der Waals surface area contributed by atoms with Crippen LogP contribution in [0.5, 0.6) is 0 Å². The molecule has 0 aliphatic rings. The molecule has 0 N–H and O–H groups in total. The highest BCUT2D eigenvalue weighted by molar-refractivity contribution is 5.70. The summed E-state index contributed by atoms with van der Waals surface area (Å²) < 4.78 is 10.5. The molecule has 0 atom stereocenters. The van der Waals surface area contributed by atoms with Gasteiger partial charge in [-0.15, -0.1) is 10.2 Å². The molecule has 0 fully saturated rings. The first-order valence-electron chi connectivity index (χ1n) is 7.03. The van der Waals surface area contributed by atoms with E-state index in [1.807, 2.05) is 31.3 Å². The molecule has 0 spiro atoms. The zero-order valence-corrected chi connectivity index (χ0v) is 12.8. The molecule has 3 rings (SSSR count). The number of methoxy groups -OCH3 is 1. The molecule has 5 nitrogen and oxygen atoms in total. The van der Waals surface area contributed by atoms with Gasteiger partial charge in [0, 0.05) is 24.6 Å². The molecule has 0 aliphatic carbocycles. The molecule has 22 heavy (non-hydrogen) atoms. The molecule has 112 valence electrons. The molecule has 0 bridgehead atoms. The highest BCUT2D eigenvalue weighted by atomic mass is 16.5. The van der Waals surface area contributed by atoms with Gasteiger partial charge in [0.25, 0.3) is 0 Å². The topological polar surface area (TPSA) is 61.0 Å². The van der Waals surface area contributed by atoms with Crippen LogP contribution in [0.25, 0.3) is 22.6 Å². The minimum Gasteiger partial charge on any atom is -0.418 e. The smallest absolute Gasteiger partial charge is 0.247 e. The van der Waals surface area contributed by atoms with E-state index in [0.717, 1.165) is 16.8 Å². The van der Waals surface area contributed by atoms with Gasteiger partial charge in [0.15, 0.2) is 0 Å². The van der Waals surface area contributed by atoms with E-state index in [9.17, 15) is 0 Å². The number of aryl methyl sites for hydroxylation is 1. The normalized spacial score (nSPS) is 10.9. The lowest BCUT2D eigenvalue weighted by Gasteiger charge is -2.08. The standard InChI is InChI=1S/C17H17N3O2/c1-11-12(2)18-9-8-15(11)13-4-6-14(7-5-13)17-20-19-16(22-17)10-21-3/h4-9H,10H2,1-3H3. The summed E-state index contributed by atoms with van der Waals surface area (Å²) in [6.45, 7) is 4.42. The maximum Gasteiger partial charge on any atom is 0.247 e. The Labute approximate surface area is 129 Å². The second kappa shape index (κ2) is 6.07. The van der Waals surface area contributed by atoms with Crippen molar-refractivity contribution in [3.8, 4) is 22.6 Å². The number of hydrogen-bond acceptors (Lipinski definition) is 5. The molecule has 2 aromatic heterocycles. The highest BCUT2D eigenvalue weighted by Gasteiger charge is 2.09. The summed E-state index contributed by atoms with van der Waals surface area (Å²) in [6, 6.07) is 10.1. The van der Waals surface area contributed by atoms with E-state index in [0.29, 0.717) is 18.4 Å². The maximum absolute atomic E-state index is 5.54. The van der Waals surface area contributed by atoms with Gasteiger partial charge in [-0.3, -0.25) is 4.98 Å². The number of benzene rings is 1. The Kier molecular flexibility index (Phi) is 3.98. The molecular formula is C17H17N3O2. The van der Waals surface area contributed by atoms with Gasteiger partial charge in [-0.05, 0) is 48.7 Å². The molecule has 1 aromatic carbocycles. The molecule has 0 aliphatic heterocycles. The first-order chi connectivity index (χ1) is 10.7. The van der Waals surface area contributed by atoms with Crippen molar-refractivity contribution < 1.29 is 9.15 Å². The fraction of sp³-hybridized carbons (Fsp3) is 0.235. The molecular weight excluding hydrogens is 278 g/mol. The van der Waals surface area contributed by atoms with E-state index in [4.69, 9.17) is 9.15 Å². The predicted octanol–water partition coefficient (Wildman–Crippen LogP) is 3.56. The number of aromatic nitrogens is 3. The van der Waals surface area contributed by atoms with Crippen molar-refractivity contribution in [2.75, 3.05) is 7.11 Å². The summed E-state index contributed by atoms with van der Waals surface area (Å²) in [5.74, 6) is 0.975. The summed E-state index contributed by atoms with van der Waals surface area (Å²) in [5.41, 5.74) is 5.45. The molecule has 5 heteroatoms. The summed E-state index contributed by atoms with van der Waals surface area (Å²) in [4.78, 5) is 4.31. The highest BCUT2D eigenvalue weighted by Crippen LogP contribution is 2.27. The van der Waals surface area contributed by atoms with Gasteiger partial charge in [0.2, 0.25) is 11.8 Å². The lowest BCUT2D eigenvalue weighted by Crippen LogP contribution is -1.90. The molecule has 3 aromatic rings. The van der Waals surface area contributed by atoms with Gasteiger partial charge in [0.05, 0.1) is 0 Å². The van der Waals surface area contributed by atoms with Crippen LogP contribution in [0.4, 0.5) is 0 Å². The van der Waals surface area contributed by atoms with E-state index < -0.39 is 0 Å². The quantitative estimate of drug-likeness (QED) is 0.736. The van der Waals surface area contributed by atoms with Gasteiger partial charge in [-0.2, -0.15) is 0 Å². The number of pyridine rings is 1. The van der Waals surface area contributed by atoms with Crippen LogP contribution in [-0.2, 0) is 11.3 Å². The SMILES string of the molecule is COCc1nnc(-c2ccc(-c3ccnc(C)c3C)cc2)o1. The number of rotatable bonds is 4. The first kappa shape index (κ1) is 14.4. The second-order valence-corrected chi connectivity index (χ2v) is 5.08. The van der Waals surface area contributed by atoms with Gasteiger partial charge in [-0.1, -0.05) is 12.1 Å². The van der Waals surface area contributed by atoms with E-state index in [1.54, 1.807) is 7.11 Å². The molecule has 2 heterocycles. The Hall–Kier alpha value is -2.53. The van der Waals surface area contributed by atoms with Gasteiger partial charge >= 0.3 is 0 Å². The molecule has 0 unspecified atom stereocenters. The van der Waals surface area contributed by atoms with Crippen molar-refractivity contribution in [2.45, 2.75) is 20.5 Å². The second-order valence-electron chi connectivity index (χ2n) is 5.08.